The number of hydrogen-bond donors (Lipinski definition) is 2. The molecule has 1 aliphatic carbocycles. The molecule has 0 aromatic rings. The molecular weight excluding hydrogens is 170 g/mol. The Kier molecular flexibility index (Phi) is 2.85. The van der Waals surface area contributed by atoms with Crippen molar-refractivity contribution in [2.24, 2.45) is 11.7 Å². The second-order valence-electron chi connectivity index (χ2n) is 2.81. The van der Waals surface area contributed by atoms with Crippen molar-refractivity contribution < 1.29 is 14.6 Å². The molecule has 0 aliphatic heterocycles. The van der Waals surface area contributed by atoms with Gasteiger partial charge in [0, 0.05) is 6.61 Å². The van der Waals surface area contributed by atoms with Gasteiger partial charge in [-0.3, -0.25) is 4.79 Å². The molecule has 13 heavy (non-hydrogen) atoms. The van der Waals surface area contributed by atoms with Crippen molar-refractivity contribution in [1.82, 2.24) is 0 Å². The van der Waals surface area contributed by atoms with Gasteiger partial charge >= 0.3 is 0 Å². The molecular formula is C9H13NO3. The molecule has 0 aromatic carbocycles. The van der Waals surface area contributed by atoms with Crippen LogP contribution in [0, 0.1) is 5.92 Å². The standard InChI is InChI=1S/C9H13NO3/c1-2-13-9(12)6-4-3-5-7(9)8(10)11/h3-7,12H,2H2,1H3,(H2,10,11). The maximum absolute atomic E-state index is 10.9. The van der Waals surface area contributed by atoms with Crippen LogP contribution in [-0.2, 0) is 9.53 Å². The summed E-state index contributed by atoms with van der Waals surface area (Å²) in [6, 6.07) is 0. The number of carbonyl (C=O) groups excluding carboxylic acids is 1. The van der Waals surface area contributed by atoms with Crippen LogP contribution in [0.5, 0.6) is 0 Å². The monoisotopic (exact) mass is 183 g/mol. The van der Waals surface area contributed by atoms with Gasteiger partial charge in [-0.1, -0.05) is 18.2 Å². The molecule has 0 bridgehead atoms. The van der Waals surface area contributed by atoms with Gasteiger partial charge in [-0.15, -0.1) is 0 Å². The highest BCUT2D eigenvalue weighted by atomic mass is 16.6. The fraction of sp³-hybridized carbons (Fsp3) is 0.444. The van der Waals surface area contributed by atoms with Crippen LogP contribution in [0.4, 0.5) is 0 Å². The number of hydrogen-bond acceptors (Lipinski definition) is 3. The molecule has 1 rings (SSSR count). The minimum atomic E-state index is -1.57. The SMILES string of the molecule is CCOC1(O)C=CC=CC1C(N)=O. The number of nitrogens with two attached hydrogens (primary N) is 1. The van der Waals surface area contributed by atoms with Gasteiger partial charge in [0.25, 0.3) is 0 Å². The molecule has 0 saturated heterocycles. The van der Waals surface area contributed by atoms with Gasteiger partial charge in [-0.25, -0.2) is 0 Å². The second-order valence-corrected chi connectivity index (χ2v) is 2.81. The van der Waals surface area contributed by atoms with E-state index in [9.17, 15) is 9.90 Å². The van der Waals surface area contributed by atoms with E-state index in [1.165, 1.54) is 12.2 Å². The molecule has 0 heterocycles. The Morgan fingerprint density at radius 2 is 2.38 bits per heavy atom. The van der Waals surface area contributed by atoms with Crippen LogP contribution in [0.1, 0.15) is 6.92 Å². The second kappa shape index (κ2) is 3.72. The molecule has 1 aliphatic rings. The topological polar surface area (TPSA) is 72.6 Å². The zero-order valence-electron chi connectivity index (χ0n) is 7.43. The van der Waals surface area contributed by atoms with Gasteiger partial charge in [0.05, 0.1) is 0 Å². The Balaban J connectivity index is 2.86. The molecule has 4 heteroatoms. The molecule has 0 saturated carbocycles. The molecule has 4 nitrogen and oxygen atoms in total. The number of allylic oxidation sites excluding steroid dienone is 2. The first-order valence-corrected chi connectivity index (χ1v) is 4.12. The molecule has 2 unspecified atom stereocenters. The van der Waals surface area contributed by atoms with E-state index in [0.29, 0.717) is 6.61 Å². The highest BCUT2D eigenvalue weighted by molar-refractivity contribution is 5.80. The summed E-state index contributed by atoms with van der Waals surface area (Å²) in [4.78, 5) is 10.9. The van der Waals surface area contributed by atoms with E-state index >= 15 is 0 Å². The molecule has 0 aromatic heterocycles. The highest BCUT2D eigenvalue weighted by Gasteiger charge is 2.38. The molecule has 1 amide bonds. The summed E-state index contributed by atoms with van der Waals surface area (Å²) < 4.78 is 5.06. The lowest BCUT2D eigenvalue weighted by molar-refractivity contribution is -0.191. The van der Waals surface area contributed by atoms with Crippen LogP contribution in [-0.4, -0.2) is 23.4 Å². The summed E-state index contributed by atoms with van der Waals surface area (Å²) in [5.74, 6) is -2.98. The number of primary amides is 1. The van der Waals surface area contributed by atoms with Gasteiger partial charge in [0.1, 0.15) is 5.92 Å². The summed E-state index contributed by atoms with van der Waals surface area (Å²) in [6.45, 7) is 2.06. The van der Waals surface area contributed by atoms with E-state index in [2.05, 4.69) is 0 Å². The van der Waals surface area contributed by atoms with Crippen molar-refractivity contribution in [3.05, 3.63) is 24.3 Å². The van der Waals surface area contributed by atoms with E-state index in [1.54, 1.807) is 19.1 Å². The average molecular weight is 183 g/mol. The van der Waals surface area contributed by atoms with Gasteiger partial charge in [0.2, 0.25) is 11.7 Å². The Hall–Kier alpha value is -1.13. The van der Waals surface area contributed by atoms with Crippen molar-refractivity contribution in [3.8, 4) is 0 Å². The largest absolute Gasteiger partial charge is 0.369 e. The summed E-state index contributed by atoms with van der Waals surface area (Å²) in [5, 5.41) is 9.84. The summed E-state index contributed by atoms with van der Waals surface area (Å²) >= 11 is 0. The number of ether oxygens (including phenoxy) is 1. The van der Waals surface area contributed by atoms with Crippen LogP contribution in [0.2, 0.25) is 0 Å². The van der Waals surface area contributed by atoms with E-state index in [1.807, 2.05) is 0 Å². The third-order valence-electron chi connectivity index (χ3n) is 1.88. The van der Waals surface area contributed by atoms with Gasteiger partial charge in [0.15, 0.2) is 0 Å². The Labute approximate surface area is 76.7 Å². The number of aliphatic hydroxyl groups is 1. The Morgan fingerprint density at radius 1 is 1.69 bits per heavy atom. The van der Waals surface area contributed by atoms with E-state index in [4.69, 9.17) is 10.5 Å². The van der Waals surface area contributed by atoms with E-state index < -0.39 is 17.6 Å². The van der Waals surface area contributed by atoms with Crippen molar-refractivity contribution >= 4 is 5.91 Å². The highest BCUT2D eigenvalue weighted by Crippen LogP contribution is 2.25. The number of carbonyl (C=O) groups is 1. The first-order chi connectivity index (χ1) is 6.10. The van der Waals surface area contributed by atoms with Crippen LogP contribution in [0.25, 0.3) is 0 Å². The van der Waals surface area contributed by atoms with Crippen LogP contribution in [0.15, 0.2) is 24.3 Å². The predicted molar refractivity (Wildman–Crippen MR) is 47.5 cm³/mol. The Bertz CT molecular complexity index is 260. The van der Waals surface area contributed by atoms with Crippen molar-refractivity contribution in [2.45, 2.75) is 12.7 Å². The molecule has 0 fully saturated rings. The maximum atomic E-state index is 10.9. The van der Waals surface area contributed by atoms with Gasteiger partial charge < -0.3 is 15.6 Å². The zero-order valence-corrected chi connectivity index (χ0v) is 7.43. The minimum absolute atomic E-state index is 0.318. The fourth-order valence-electron chi connectivity index (χ4n) is 1.28. The number of amides is 1. The van der Waals surface area contributed by atoms with Crippen LogP contribution < -0.4 is 5.73 Å². The van der Waals surface area contributed by atoms with Crippen LogP contribution >= 0.6 is 0 Å². The van der Waals surface area contributed by atoms with E-state index in [0.717, 1.165) is 0 Å². The summed E-state index contributed by atoms with van der Waals surface area (Å²) in [5.41, 5.74) is 5.11. The summed E-state index contributed by atoms with van der Waals surface area (Å²) in [6.07, 6.45) is 6.22. The summed E-state index contributed by atoms with van der Waals surface area (Å²) in [7, 11) is 0. The zero-order chi connectivity index (χ0) is 9.90. The van der Waals surface area contributed by atoms with Gasteiger partial charge in [-0.05, 0) is 13.0 Å². The smallest absolute Gasteiger partial charge is 0.230 e. The lowest BCUT2D eigenvalue weighted by Crippen LogP contribution is -2.45. The third-order valence-corrected chi connectivity index (χ3v) is 1.88. The first-order valence-electron chi connectivity index (χ1n) is 4.12. The lowest BCUT2D eigenvalue weighted by atomic mass is 9.93. The quantitative estimate of drug-likeness (QED) is 0.602. The molecule has 0 spiro atoms. The maximum Gasteiger partial charge on any atom is 0.230 e. The third kappa shape index (κ3) is 1.96. The fourth-order valence-corrected chi connectivity index (χ4v) is 1.28. The van der Waals surface area contributed by atoms with Crippen molar-refractivity contribution in [1.29, 1.82) is 0 Å². The normalized spacial score (nSPS) is 32.0. The van der Waals surface area contributed by atoms with Crippen LogP contribution in [0.3, 0.4) is 0 Å². The minimum Gasteiger partial charge on any atom is -0.369 e. The van der Waals surface area contributed by atoms with Crippen molar-refractivity contribution in [2.75, 3.05) is 6.61 Å². The molecule has 3 N–H and O–H groups in total. The predicted octanol–water partition coefficient (Wildman–Crippen LogP) is -0.0610. The van der Waals surface area contributed by atoms with Crippen molar-refractivity contribution in [3.63, 3.8) is 0 Å². The van der Waals surface area contributed by atoms with Gasteiger partial charge in [-0.2, -0.15) is 0 Å². The lowest BCUT2D eigenvalue weighted by Gasteiger charge is -2.30. The Morgan fingerprint density at radius 3 is 2.92 bits per heavy atom. The van der Waals surface area contributed by atoms with E-state index in [-0.39, 0.29) is 0 Å². The number of rotatable bonds is 3. The molecule has 0 radical (unpaired) electrons. The first kappa shape index (κ1) is 9.95. The molecule has 2 atom stereocenters. The molecule has 72 valence electrons. The average Bonchev–Trinajstić information content (AvgIpc) is 2.04.